The van der Waals surface area contributed by atoms with Crippen LogP contribution in [0.1, 0.15) is 17.5 Å². The Bertz CT molecular complexity index is 483. The molecule has 1 N–H and O–H groups in total. The van der Waals surface area contributed by atoms with E-state index in [-0.39, 0.29) is 0 Å². The van der Waals surface area contributed by atoms with Gasteiger partial charge in [-0.1, -0.05) is 18.2 Å². The molecule has 2 heteroatoms. The molecule has 0 aliphatic rings. The molecule has 1 aromatic heterocycles. The van der Waals surface area contributed by atoms with Crippen molar-refractivity contribution < 1.29 is 0 Å². The number of hydrogen-bond donors (Lipinski definition) is 1. The zero-order chi connectivity index (χ0) is 11.5. The number of nitrogens with zero attached hydrogens (tertiary/aromatic N) is 1. The van der Waals surface area contributed by atoms with Crippen molar-refractivity contribution in [3.8, 4) is 0 Å². The maximum Gasteiger partial charge on any atom is 0.0510 e. The number of para-hydroxylation sites is 1. The number of aryl methyl sites for hydroxylation is 3. The van der Waals surface area contributed by atoms with Crippen molar-refractivity contribution in [1.82, 2.24) is 9.88 Å². The first kappa shape index (κ1) is 11.2. The van der Waals surface area contributed by atoms with Gasteiger partial charge in [0, 0.05) is 18.6 Å². The summed E-state index contributed by atoms with van der Waals surface area (Å²) in [7, 11) is 4.14. The van der Waals surface area contributed by atoms with E-state index in [0.29, 0.717) is 0 Å². The van der Waals surface area contributed by atoms with E-state index in [4.69, 9.17) is 0 Å². The third kappa shape index (κ3) is 1.98. The van der Waals surface area contributed by atoms with Gasteiger partial charge in [-0.2, -0.15) is 0 Å². The van der Waals surface area contributed by atoms with Crippen molar-refractivity contribution in [1.29, 1.82) is 0 Å². The first-order valence-corrected chi connectivity index (χ1v) is 5.92. The van der Waals surface area contributed by atoms with Crippen LogP contribution in [-0.2, 0) is 13.5 Å². The maximum atomic E-state index is 3.20. The summed E-state index contributed by atoms with van der Waals surface area (Å²) in [6, 6.07) is 6.57. The lowest BCUT2D eigenvalue weighted by Gasteiger charge is -2.01. The molecule has 2 rings (SSSR count). The highest BCUT2D eigenvalue weighted by Crippen LogP contribution is 2.24. The Hall–Kier alpha value is -1.28. The molecule has 0 unspecified atom stereocenters. The maximum absolute atomic E-state index is 3.20. The van der Waals surface area contributed by atoms with E-state index >= 15 is 0 Å². The van der Waals surface area contributed by atoms with E-state index in [0.717, 1.165) is 13.0 Å². The molecule has 86 valence electrons. The Labute approximate surface area is 97.3 Å². The molecular weight excluding hydrogens is 196 g/mol. The Kier molecular flexibility index (Phi) is 3.30. The van der Waals surface area contributed by atoms with Crippen LogP contribution in [-0.4, -0.2) is 18.2 Å². The molecule has 1 heterocycles. The summed E-state index contributed by atoms with van der Waals surface area (Å²) < 4.78 is 2.25. The zero-order valence-corrected chi connectivity index (χ0v) is 10.4. The van der Waals surface area contributed by atoms with Gasteiger partial charge in [0.15, 0.2) is 0 Å². The van der Waals surface area contributed by atoms with Gasteiger partial charge in [-0.15, -0.1) is 0 Å². The summed E-state index contributed by atoms with van der Waals surface area (Å²) in [5.74, 6) is 0. The Balaban J connectivity index is 2.36. The second-order valence-electron chi connectivity index (χ2n) is 4.44. The molecule has 0 aliphatic heterocycles. The molecule has 0 atom stereocenters. The SMILES string of the molecule is CNCCCc1cn(C)c2c(C)cccc12. The van der Waals surface area contributed by atoms with Crippen LogP contribution in [0.25, 0.3) is 10.9 Å². The van der Waals surface area contributed by atoms with Gasteiger partial charge in [-0.05, 0) is 44.5 Å². The van der Waals surface area contributed by atoms with Crippen LogP contribution >= 0.6 is 0 Å². The van der Waals surface area contributed by atoms with Gasteiger partial charge in [0.1, 0.15) is 0 Å². The average Bonchev–Trinajstić information content (AvgIpc) is 2.58. The highest BCUT2D eigenvalue weighted by Gasteiger charge is 2.07. The fourth-order valence-electron chi connectivity index (χ4n) is 2.41. The number of benzene rings is 1. The first-order chi connectivity index (χ1) is 7.74. The standard InChI is InChI=1S/C14H20N2/c1-11-6-4-8-13-12(7-5-9-15-2)10-16(3)14(11)13/h4,6,8,10,15H,5,7,9H2,1-3H3. The Morgan fingerprint density at radius 1 is 1.31 bits per heavy atom. The molecule has 16 heavy (non-hydrogen) atoms. The third-order valence-corrected chi connectivity index (χ3v) is 3.16. The number of rotatable bonds is 4. The van der Waals surface area contributed by atoms with Crippen LogP contribution in [0.3, 0.4) is 0 Å². The molecule has 0 spiro atoms. The first-order valence-electron chi connectivity index (χ1n) is 5.92. The largest absolute Gasteiger partial charge is 0.350 e. The Morgan fingerprint density at radius 3 is 2.88 bits per heavy atom. The van der Waals surface area contributed by atoms with E-state index in [1.165, 1.54) is 28.5 Å². The van der Waals surface area contributed by atoms with Crippen LogP contribution in [0, 0.1) is 6.92 Å². The minimum absolute atomic E-state index is 1.09. The van der Waals surface area contributed by atoms with Crippen molar-refractivity contribution in [3.63, 3.8) is 0 Å². The number of nitrogens with one attached hydrogen (secondary N) is 1. The van der Waals surface area contributed by atoms with E-state index < -0.39 is 0 Å². The third-order valence-electron chi connectivity index (χ3n) is 3.16. The fourth-order valence-corrected chi connectivity index (χ4v) is 2.41. The van der Waals surface area contributed by atoms with Gasteiger partial charge >= 0.3 is 0 Å². The zero-order valence-electron chi connectivity index (χ0n) is 10.4. The number of aromatic nitrogens is 1. The second kappa shape index (κ2) is 4.71. The average molecular weight is 216 g/mol. The molecule has 0 bridgehead atoms. The van der Waals surface area contributed by atoms with Crippen LogP contribution in [0.4, 0.5) is 0 Å². The molecule has 0 saturated carbocycles. The second-order valence-corrected chi connectivity index (χ2v) is 4.44. The summed E-state index contributed by atoms with van der Waals surface area (Å²) in [6.07, 6.45) is 4.62. The number of hydrogen-bond acceptors (Lipinski definition) is 1. The normalized spacial score (nSPS) is 11.2. The molecule has 0 radical (unpaired) electrons. The van der Waals surface area contributed by atoms with Crippen molar-refractivity contribution in [2.24, 2.45) is 7.05 Å². The molecule has 0 aliphatic carbocycles. The van der Waals surface area contributed by atoms with Crippen molar-refractivity contribution in [3.05, 3.63) is 35.5 Å². The highest BCUT2D eigenvalue weighted by atomic mass is 14.9. The van der Waals surface area contributed by atoms with Crippen molar-refractivity contribution >= 4 is 10.9 Å². The lowest BCUT2D eigenvalue weighted by molar-refractivity contribution is 0.725. The van der Waals surface area contributed by atoms with Gasteiger partial charge in [-0.25, -0.2) is 0 Å². The molecule has 0 fully saturated rings. The van der Waals surface area contributed by atoms with Gasteiger partial charge in [0.25, 0.3) is 0 Å². The summed E-state index contributed by atoms with van der Waals surface area (Å²) in [4.78, 5) is 0. The summed E-state index contributed by atoms with van der Waals surface area (Å²) >= 11 is 0. The molecule has 0 amide bonds. The molecule has 0 saturated heterocycles. The lowest BCUT2D eigenvalue weighted by atomic mass is 10.1. The molecule has 2 aromatic rings. The topological polar surface area (TPSA) is 17.0 Å². The van der Waals surface area contributed by atoms with E-state index in [9.17, 15) is 0 Å². The Morgan fingerprint density at radius 2 is 2.12 bits per heavy atom. The van der Waals surface area contributed by atoms with Gasteiger partial charge in [0.2, 0.25) is 0 Å². The molecule has 2 nitrogen and oxygen atoms in total. The monoisotopic (exact) mass is 216 g/mol. The molecular formula is C14H20N2. The number of fused-ring (bicyclic) bond motifs is 1. The van der Waals surface area contributed by atoms with Crippen LogP contribution in [0.5, 0.6) is 0 Å². The van der Waals surface area contributed by atoms with Gasteiger partial charge < -0.3 is 9.88 Å². The lowest BCUT2D eigenvalue weighted by Crippen LogP contribution is -2.08. The quantitative estimate of drug-likeness (QED) is 0.777. The van der Waals surface area contributed by atoms with Gasteiger partial charge in [-0.3, -0.25) is 0 Å². The minimum atomic E-state index is 1.09. The smallest absolute Gasteiger partial charge is 0.0510 e. The van der Waals surface area contributed by atoms with Gasteiger partial charge in [0.05, 0.1) is 5.52 Å². The minimum Gasteiger partial charge on any atom is -0.350 e. The van der Waals surface area contributed by atoms with Crippen molar-refractivity contribution in [2.75, 3.05) is 13.6 Å². The summed E-state index contributed by atoms with van der Waals surface area (Å²) in [5.41, 5.74) is 4.21. The molecule has 1 aromatic carbocycles. The van der Waals surface area contributed by atoms with E-state index in [1.54, 1.807) is 0 Å². The van der Waals surface area contributed by atoms with E-state index in [2.05, 4.69) is 48.3 Å². The predicted octanol–water partition coefficient (Wildman–Crippen LogP) is 2.64. The summed E-state index contributed by atoms with van der Waals surface area (Å²) in [6.45, 7) is 3.27. The van der Waals surface area contributed by atoms with E-state index in [1.807, 2.05) is 7.05 Å². The fraction of sp³-hybridized carbons (Fsp3) is 0.429. The predicted molar refractivity (Wildman–Crippen MR) is 69.9 cm³/mol. The van der Waals surface area contributed by atoms with Crippen LogP contribution in [0.2, 0.25) is 0 Å². The highest BCUT2D eigenvalue weighted by molar-refractivity contribution is 5.86. The summed E-state index contributed by atoms with van der Waals surface area (Å²) in [5, 5.41) is 4.61. The van der Waals surface area contributed by atoms with Crippen molar-refractivity contribution in [2.45, 2.75) is 19.8 Å². The van der Waals surface area contributed by atoms with Crippen LogP contribution < -0.4 is 5.32 Å². The van der Waals surface area contributed by atoms with Crippen LogP contribution in [0.15, 0.2) is 24.4 Å².